The number of carbonyl (C=O) groups excluding carboxylic acids is 6. The van der Waals surface area contributed by atoms with Crippen molar-refractivity contribution in [2.75, 3.05) is 55.6 Å². The van der Waals surface area contributed by atoms with Gasteiger partial charge < -0.3 is 81.2 Å². The summed E-state index contributed by atoms with van der Waals surface area (Å²) in [6, 6.07) is 5.74. The summed E-state index contributed by atoms with van der Waals surface area (Å²) in [6.07, 6.45) is 4.81. The minimum Gasteiger partial charge on any atom is -0.394 e. The molecule has 0 spiro atoms. The first-order valence-electron chi connectivity index (χ1n) is 29.2. The number of halogens is 2. The van der Waals surface area contributed by atoms with E-state index in [-0.39, 0.29) is 65.9 Å². The lowest BCUT2D eigenvalue weighted by molar-refractivity contribution is -0.141. The number of rotatable bonds is 33. The van der Waals surface area contributed by atoms with Crippen LogP contribution in [0.1, 0.15) is 134 Å². The molecule has 6 rings (SSSR count). The molecule has 0 saturated carbocycles. The van der Waals surface area contributed by atoms with Crippen LogP contribution in [0.2, 0.25) is 0 Å². The number of nitrogens with one attached hydrogen (secondary N) is 3. The molecule has 34 heteroatoms. The number of nitrogens with zero attached hydrogens (tertiary/aromatic N) is 7. The van der Waals surface area contributed by atoms with Gasteiger partial charge in [-0.2, -0.15) is 29.0 Å². The number of carbonyl (C=O) groups is 6. The molecule has 3 fully saturated rings. The van der Waals surface area contributed by atoms with Crippen molar-refractivity contribution in [1.82, 2.24) is 28.7 Å². The van der Waals surface area contributed by atoms with Crippen molar-refractivity contribution in [1.29, 1.82) is 5.26 Å². The van der Waals surface area contributed by atoms with Crippen LogP contribution in [0.25, 0.3) is 0 Å². The second-order valence-corrected chi connectivity index (χ2v) is 21.3. The van der Waals surface area contributed by atoms with Crippen molar-refractivity contribution in [2.24, 2.45) is 5.92 Å². The molecule has 3 aliphatic rings. The number of alkyl halides is 2. The summed E-state index contributed by atoms with van der Waals surface area (Å²) in [6.45, 7) is -3.37. The van der Waals surface area contributed by atoms with Crippen LogP contribution in [0.4, 0.5) is 26.2 Å². The normalized spacial score (nSPS) is 23.7. The zero-order valence-electron chi connectivity index (χ0n) is 49.5. The van der Waals surface area contributed by atoms with Gasteiger partial charge in [0.25, 0.3) is 0 Å². The predicted molar refractivity (Wildman–Crippen MR) is 310 cm³/mol. The topological polar surface area (TPSA) is 497 Å². The number of anilines is 3. The van der Waals surface area contributed by atoms with Gasteiger partial charge in [0, 0.05) is 57.1 Å². The Kier molecular flexibility index (Phi) is 31.4. The van der Waals surface area contributed by atoms with Crippen LogP contribution in [0, 0.1) is 29.6 Å². The lowest BCUT2D eigenvalue weighted by Crippen LogP contribution is -2.48. The van der Waals surface area contributed by atoms with Crippen LogP contribution < -0.4 is 33.0 Å². The Morgan fingerprint density at radius 2 is 0.912 bits per heavy atom. The fourth-order valence-electron chi connectivity index (χ4n) is 9.47. The summed E-state index contributed by atoms with van der Waals surface area (Å²) in [4.78, 5) is 117. The average molecular weight is 1290 g/mol. The van der Waals surface area contributed by atoms with Crippen molar-refractivity contribution in [2.45, 2.75) is 182 Å². The maximum absolute atomic E-state index is 14.1. The summed E-state index contributed by atoms with van der Waals surface area (Å²) >= 11 is 0. The van der Waals surface area contributed by atoms with Crippen molar-refractivity contribution < 1.29 is 103 Å². The van der Waals surface area contributed by atoms with E-state index in [9.17, 15) is 87.8 Å². The molecule has 32 nitrogen and oxygen atoms in total. The molecule has 0 unspecified atom stereocenters. The average Bonchev–Trinajstić information content (AvgIpc) is 1.65. The molecule has 6 heterocycles. The first-order valence-corrected chi connectivity index (χ1v) is 29.2. The van der Waals surface area contributed by atoms with Gasteiger partial charge in [-0.25, -0.2) is 14.4 Å². The number of hydrogen-bond donors (Lipinski definition) is 13. The first kappa shape index (κ1) is 75.9. The number of aliphatic hydroxyl groups excluding tert-OH is 9. The number of unbranched alkanes of at least 4 members (excludes halogenated alkanes) is 9. The number of aromatic nitrogens is 6. The Hall–Kier alpha value is -7.55. The third-order valence-electron chi connectivity index (χ3n) is 14.6. The van der Waals surface area contributed by atoms with E-state index in [0.717, 1.165) is 53.5 Å². The van der Waals surface area contributed by atoms with Gasteiger partial charge in [-0.15, -0.1) is 6.42 Å². The van der Waals surface area contributed by atoms with Gasteiger partial charge in [-0.3, -0.25) is 42.5 Å². The molecule has 3 saturated heterocycles. The van der Waals surface area contributed by atoms with Crippen molar-refractivity contribution >= 4 is 52.5 Å². The molecule has 3 aromatic rings. The number of aliphatic hydroxyl groups is 10. The Balaban J connectivity index is 0.000000291. The summed E-state index contributed by atoms with van der Waals surface area (Å²) in [7, 11) is 0. The van der Waals surface area contributed by atoms with Crippen LogP contribution >= 0.6 is 0 Å². The van der Waals surface area contributed by atoms with E-state index in [1.54, 1.807) is 0 Å². The van der Waals surface area contributed by atoms with E-state index in [1.165, 1.54) is 24.5 Å². The lowest BCUT2D eigenvalue weighted by Gasteiger charge is -2.24. The van der Waals surface area contributed by atoms with Crippen LogP contribution in [-0.4, -0.2) is 203 Å². The summed E-state index contributed by atoms with van der Waals surface area (Å²) in [5.74, 6) is -4.61. The fraction of sp³-hybridized carbons (Fsp3) is 0.632. The smallest absolute Gasteiger partial charge is 0.351 e. The predicted octanol–water partition coefficient (Wildman–Crippen LogP) is -1.86. The van der Waals surface area contributed by atoms with Crippen LogP contribution in [0.15, 0.2) is 51.2 Å². The lowest BCUT2D eigenvalue weighted by atomic mass is 9.93. The van der Waals surface area contributed by atoms with E-state index in [4.69, 9.17) is 41.1 Å². The molecule has 3 aromatic heterocycles. The molecule has 0 bridgehead atoms. The van der Waals surface area contributed by atoms with Crippen LogP contribution in [0.3, 0.4) is 0 Å². The number of ether oxygens (including phenoxy) is 3. The quantitative estimate of drug-likeness (QED) is 0.0235. The Labute approximate surface area is 518 Å². The van der Waals surface area contributed by atoms with Gasteiger partial charge >= 0.3 is 23.0 Å². The number of amides is 3. The highest BCUT2D eigenvalue weighted by Gasteiger charge is 2.60. The maximum Gasteiger partial charge on any atom is 0.351 e. The molecule has 502 valence electrons. The number of nitriles is 1. The number of Topliss-reactive ketones (excluding diaryl/α,β-unsaturated/α-hetero) is 3. The molecule has 0 radical (unpaired) electrons. The second-order valence-electron chi connectivity index (χ2n) is 21.3. The van der Waals surface area contributed by atoms with Gasteiger partial charge in [-0.1, -0.05) is 44.4 Å². The largest absolute Gasteiger partial charge is 0.394 e. The molecule has 0 aliphatic carbocycles. The van der Waals surface area contributed by atoms with Gasteiger partial charge in [0.15, 0.2) is 41.5 Å². The second kappa shape index (κ2) is 37.7. The highest BCUT2D eigenvalue weighted by Crippen LogP contribution is 2.42. The van der Waals surface area contributed by atoms with E-state index >= 15 is 0 Å². The Morgan fingerprint density at radius 3 is 1.23 bits per heavy atom. The van der Waals surface area contributed by atoms with E-state index < -0.39 is 135 Å². The molecule has 0 aromatic carbocycles. The van der Waals surface area contributed by atoms with E-state index in [2.05, 4.69) is 30.9 Å². The van der Waals surface area contributed by atoms with Crippen LogP contribution in [-0.2, 0) is 43.0 Å². The number of hydrogen-bond acceptors (Lipinski definition) is 26. The molecule has 11 atom stereocenters. The molecular formula is C57H78F2N10O22. The molecule has 3 aliphatic heterocycles. The molecule has 91 heavy (non-hydrogen) atoms. The van der Waals surface area contributed by atoms with Crippen molar-refractivity contribution in [3.63, 3.8) is 0 Å². The SMILES string of the molecule is C#C[C@@]1(O)[C@@H](CO)O[C@@H](n2ccc(NC(=O)CCCCCCC(=O)CO)nc2=O)[C@@H]1O.N#C[C@H]1[C@H](O)[C@@H](CO)O[C@H]1n1ccc(NC(=O)CCCCCCC(=O)CO)nc1=O.O=C(CO)CCCCCCC(=O)Nc1ccn([C@@H]2O[C@H](CO)[C@@H](O)C2(F)F)c(=O)n1. The first-order chi connectivity index (χ1) is 43.4. The highest BCUT2D eigenvalue weighted by molar-refractivity contribution is 5.90. The summed E-state index contributed by atoms with van der Waals surface area (Å²) < 4.78 is 46.3. The molecule has 3 amide bonds. The van der Waals surface area contributed by atoms with E-state index in [0.29, 0.717) is 68.8 Å². The highest BCUT2D eigenvalue weighted by atomic mass is 19.3. The van der Waals surface area contributed by atoms with Gasteiger partial charge in [0.05, 0.1) is 25.9 Å². The van der Waals surface area contributed by atoms with Crippen molar-refractivity contribution in [3.8, 4) is 18.4 Å². The zero-order chi connectivity index (χ0) is 67.4. The monoisotopic (exact) mass is 1290 g/mol. The van der Waals surface area contributed by atoms with Crippen molar-refractivity contribution in [3.05, 3.63) is 68.2 Å². The van der Waals surface area contributed by atoms with Gasteiger partial charge in [0.2, 0.25) is 23.9 Å². The minimum atomic E-state index is -3.81. The third kappa shape index (κ3) is 22.1. The maximum atomic E-state index is 14.1. The number of ketones is 3. The molecular weight excluding hydrogens is 1210 g/mol. The Morgan fingerprint density at radius 1 is 0.538 bits per heavy atom. The summed E-state index contributed by atoms with van der Waals surface area (Å²) in [5, 5.41) is 110. The van der Waals surface area contributed by atoms with Crippen LogP contribution in [0.5, 0.6) is 0 Å². The Bertz CT molecular complexity index is 3170. The summed E-state index contributed by atoms with van der Waals surface area (Å²) in [5.41, 5.74) is -4.90. The fourth-order valence-corrected chi connectivity index (χ4v) is 9.47. The molecule has 13 N–H and O–H groups in total. The third-order valence-corrected chi connectivity index (χ3v) is 14.6. The standard InChI is InChI=1S/C20H27N3O8.C19H26N4O7.C18H25F2N3O7/c1-2-20(30)14(12-25)31-18(17(20)28)23-10-9-15(22-19(23)29)21-16(27)8-6-4-3-5-7-13(26)11-24;20-9-13-17(28)14(11-25)30-18(13)23-8-7-15(22-19(23)29)21-16(27)6-4-2-1-3-5-12(26)10-24;19-18(20)15(28)12(10-25)30-16(18)23-8-7-13(22-17(23)29)21-14(27)6-4-2-1-3-5-11(26)9-24/h1,9-10,14,17-18,24-25,28,30H,3-8,11-12H2,(H,21,22,27,29);7-8,13-14,17-18,24-25,28H,1-6,10-11H2,(H,21,22,27,29);7-8,12,15-16,24-25,28H,1-6,9-10H2,(H,21,22,27,29)/t14-,17+,18-,20-;13-,14+,17-,18+;12-,15-,16-/m101/s1. The van der Waals surface area contributed by atoms with Gasteiger partial charge in [-0.05, 0) is 56.7 Å². The van der Waals surface area contributed by atoms with Gasteiger partial charge in [0.1, 0.15) is 73.7 Å². The van der Waals surface area contributed by atoms with E-state index in [1.807, 2.05) is 12.0 Å². The zero-order valence-corrected chi connectivity index (χ0v) is 49.5. The number of terminal acetylenes is 1. The minimum absolute atomic E-state index is 0.0122.